The van der Waals surface area contributed by atoms with E-state index < -0.39 is 12.1 Å². The van der Waals surface area contributed by atoms with Crippen molar-refractivity contribution < 1.29 is 32.7 Å². The van der Waals surface area contributed by atoms with Gasteiger partial charge in [0, 0.05) is 23.2 Å². The lowest BCUT2D eigenvalue weighted by molar-refractivity contribution is -0.192. The number of thioether (sulfide) groups is 1. The summed E-state index contributed by atoms with van der Waals surface area (Å²) in [4.78, 5) is 42.1. The molecule has 0 saturated heterocycles. The van der Waals surface area contributed by atoms with Crippen molar-refractivity contribution in [2.45, 2.75) is 20.0 Å². The fraction of sp³-hybridized carbons (Fsp3) is 0.160. The minimum Gasteiger partial charge on any atom is -0.475 e. The number of fused-ring (bicyclic) bond motifs is 1. The molecule has 4 rings (SSSR count). The Hall–Kier alpha value is -3.90. The van der Waals surface area contributed by atoms with E-state index in [-0.39, 0.29) is 17.7 Å². The molecular formula is C25H20ClF3N4O4S. The maximum absolute atomic E-state index is 12.4. The zero-order chi connectivity index (χ0) is 28.0. The molecule has 38 heavy (non-hydrogen) atoms. The van der Waals surface area contributed by atoms with Gasteiger partial charge in [-0.2, -0.15) is 18.2 Å². The predicted octanol–water partition coefficient (Wildman–Crippen LogP) is 6.20. The predicted molar refractivity (Wildman–Crippen MR) is 142 cm³/mol. The first-order chi connectivity index (χ1) is 17.8. The second-order valence-electron chi connectivity index (χ2n) is 8.05. The lowest BCUT2D eigenvalue weighted by atomic mass is 10.1. The molecule has 0 spiro atoms. The molecule has 0 saturated carbocycles. The molecule has 1 aromatic heterocycles. The van der Waals surface area contributed by atoms with Crippen LogP contribution in [-0.2, 0) is 14.4 Å². The quantitative estimate of drug-likeness (QED) is 0.323. The van der Waals surface area contributed by atoms with Crippen molar-refractivity contribution in [2.24, 2.45) is 10.9 Å². The average molecular weight is 565 g/mol. The topological polar surface area (TPSA) is 121 Å². The van der Waals surface area contributed by atoms with Crippen LogP contribution in [0.2, 0.25) is 5.02 Å². The maximum atomic E-state index is 12.4. The van der Waals surface area contributed by atoms with Crippen LogP contribution in [0.4, 0.5) is 24.5 Å². The maximum Gasteiger partial charge on any atom is 0.490 e. The Bertz CT molecular complexity index is 1460. The second kappa shape index (κ2) is 12.1. The summed E-state index contributed by atoms with van der Waals surface area (Å²) in [6, 6.07) is 14.8. The summed E-state index contributed by atoms with van der Waals surface area (Å²) in [6.07, 6.45) is -1.53. The fourth-order valence-electron chi connectivity index (χ4n) is 2.90. The number of carbonyl (C=O) groups excluding carboxylic acids is 2. The molecule has 0 unspecified atom stereocenters. The Morgan fingerprint density at radius 3 is 2.50 bits per heavy atom. The van der Waals surface area contributed by atoms with Gasteiger partial charge >= 0.3 is 12.1 Å². The van der Waals surface area contributed by atoms with Crippen LogP contribution in [0, 0.1) is 5.92 Å². The first kappa shape index (κ1) is 28.7. The van der Waals surface area contributed by atoms with E-state index in [0.29, 0.717) is 26.5 Å². The molecule has 0 fully saturated rings. The van der Waals surface area contributed by atoms with E-state index in [0.717, 1.165) is 16.5 Å². The Balaban J connectivity index is 0.000000505. The molecule has 1 aliphatic heterocycles. The minimum absolute atomic E-state index is 0.0909. The molecule has 0 bridgehead atoms. The zero-order valence-corrected chi connectivity index (χ0v) is 21.4. The SMILES string of the molecule is CC(C)C(=O)Nc1ccc(Cl)c(NC2=NC(=O)/C(=C/c3ccc4ncccc4c3)S2)c1.O=C(O)C(F)(F)F. The molecule has 2 heterocycles. The first-order valence-corrected chi connectivity index (χ1v) is 12.1. The highest BCUT2D eigenvalue weighted by atomic mass is 35.5. The molecule has 2 aromatic carbocycles. The van der Waals surface area contributed by atoms with Crippen LogP contribution in [-0.4, -0.2) is 39.2 Å². The Morgan fingerprint density at radius 1 is 1.13 bits per heavy atom. The highest BCUT2D eigenvalue weighted by Crippen LogP contribution is 2.32. The number of aliphatic carboxylic acids is 1. The third-order valence-corrected chi connectivity index (χ3v) is 6.02. The van der Waals surface area contributed by atoms with E-state index >= 15 is 0 Å². The average Bonchev–Trinajstić information content (AvgIpc) is 3.19. The van der Waals surface area contributed by atoms with Crippen LogP contribution in [0.25, 0.3) is 17.0 Å². The number of amides is 2. The Kier molecular flexibility index (Phi) is 9.13. The van der Waals surface area contributed by atoms with Crippen LogP contribution in [0.15, 0.2) is 64.6 Å². The number of alkyl halides is 3. The van der Waals surface area contributed by atoms with Gasteiger partial charge in [-0.25, -0.2) is 4.79 Å². The van der Waals surface area contributed by atoms with Crippen molar-refractivity contribution in [2.75, 3.05) is 10.6 Å². The fourth-order valence-corrected chi connectivity index (χ4v) is 3.89. The van der Waals surface area contributed by atoms with Crippen molar-refractivity contribution in [1.29, 1.82) is 0 Å². The van der Waals surface area contributed by atoms with E-state index in [1.54, 1.807) is 30.5 Å². The molecule has 0 atom stereocenters. The molecule has 3 aromatic rings. The van der Waals surface area contributed by atoms with E-state index in [4.69, 9.17) is 21.5 Å². The number of benzene rings is 2. The van der Waals surface area contributed by atoms with Gasteiger partial charge in [0.05, 0.1) is 21.1 Å². The highest BCUT2D eigenvalue weighted by molar-refractivity contribution is 8.18. The van der Waals surface area contributed by atoms with Gasteiger partial charge in [-0.05, 0) is 59.8 Å². The number of carbonyl (C=O) groups is 3. The summed E-state index contributed by atoms with van der Waals surface area (Å²) in [5, 5.41) is 14.9. The number of amidine groups is 1. The molecular weight excluding hydrogens is 545 g/mol. The van der Waals surface area contributed by atoms with E-state index in [2.05, 4.69) is 20.6 Å². The van der Waals surface area contributed by atoms with Gasteiger partial charge in [0.25, 0.3) is 5.91 Å². The molecule has 0 aliphatic carbocycles. The van der Waals surface area contributed by atoms with Crippen molar-refractivity contribution in [3.63, 3.8) is 0 Å². The molecule has 13 heteroatoms. The van der Waals surface area contributed by atoms with Gasteiger partial charge in [-0.1, -0.05) is 37.6 Å². The number of aromatic nitrogens is 1. The van der Waals surface area contributed by atoms with Crippen molar-refractivity contribution in [3.8, 4) is 0 Å². The third-order valence-electron chi connectivity index (χ3n) is 4.79. The lowest BCUT2D eigenvalue weighted by Gasteiger charge is -2.11. The number of aliphatic imine (C=N–C) groups is 1. The van der Waals surface area contributed by atoms with Gasteiger partial charge in [-0.3, -0.25) is 14.6 Å². The number of nitrogens with one attached hydrogen (secondary N) is 2. The minimum atomic E-state index is -5.08. The van der Waals surface area contributed by atoms with Crippen LogP contribution >= 0.6 is 23.4 Å². The zero-order valence-electron chi connectivity index (χ0n) is 19.8. The van der Waals surface area contributed by atoms with Gasteiger partial charge in [0.15, 0.2) is 5.17 Å². The molecule has 198 valence electrons. The van der Waals surface area contributed by atoms with E-state index in [1.165, 1.54) is 11.8 Å². The summed E-state index contributed by atoms with van der Waals surface area (Å²) < 4.78 is 31.7. The number of nitrogens with zero attached hydrogens (tertiary/aromatic N) is 2. The number of anilines is 2. The molecule has 2 amide bonds. The number of hydrogen-bond acceptors (Lipinski definition) is 6. The molecule has 3 N–H and O–H groups in total. The summed E-state index contributed by atoms with van der Waals surface area (Å²) in [5.74, 6) is -3.31. The smallest absolute Gasteiger partial charge is 0.475 e. The molecule has 0 radical (unpaired) electrons. The number of halogens is 4. The van der Waals surface area contributed by atoms with Crippen LogP contribution in [0.5, 0.6) is 0 Å². The number of carboxylic acids is 1. The normalized spacial score (nSPS) is 14.2. The summed E-state index contributed by atoms with van der Waals surface area (Å²) in [5.41, 5.74) is 2.96. The van der Waals surface area contributed by atoms with Crippen molar-refractivity contribution in [1.82, 2.24) is 4.98 Å². The van der Waals surface area contributed by atoms with Crippen LogP contribution < -0.4 is 10.6 Å². The Labute approximate surface area is 224 Å². The number of hydrogen-bond donors (Lipinski definition) is 3. The second-order valence-corrected chi connectivity index (χ2v) is 9.49. The number of rotatable bonds is 4. The van der Waals surface area contributed by atoms with E-state index in [1.807, 2.05) is 44.2 Å². The van der Waals surface area contributed by atoms with Gasteiger partial charge in [0.1, 0.15) is 0 Å². The molecule has 8 nitrogen and oxygen atoms in total. The largest absolute Gasteiger partial charge is 0.490 e. The molecule has 1 aliphatic rings. The van der Waals surface area contributed by atoms with Gasteiger partial charge in [-0.15, -0.1) is 0 Å². The third kappa shape index (κ3) is 7.80. The monoisotopic (exact) mass is 564 g/mol. The van der Waals surface area contributed by atoms with Crippen LogP contribution in [0.3, 0.4) is 0 Å². The van der Waals surface area contributed by atoms with Crippen molar-refractivity contribution in [3.05, 3.63) is 70.2 Å². The Morgan fingerprint density at radius 2 is 1.84 bits per heavy atom. The summed E-state index contributed by atoms with van der Waals surface area (Å²) in [6.45, 7) is 3.64. The van der Waals surface area contributed by atoms with E-state index in [9.17, 15) is 22.8 Å². The van der Waals surface area contributed by atoms with Gasteiger partial charge < -0.3 is 15.7 Å². The van der Waals surface area contributed by atoms with Crippen LogP contribution in [0.1, 0.15) is 19.4 Å². The summed E-state index contributed by atoms with van der Waals surface area (Å²) >= 11 is 7.52. The summed E-state index contributed by atoms with van der Waals surface area (Å²) in [7, 11) is 0. The first-order valence-electron chi connectivity index (χ1n) is 10.9. The number of pyridine rings is 1. The number of carboxylic acid groups (broad SMARTS) is 1. The highest BCUT2D eigenvalue weighted by Gasteiger charge is 2.38. The van der Waals surface area contributed by atoms with Crippen molar-refractivity contribution >= 4 is 74.7 Å². The standard InChI is InChI=1S/C23H19ClN4O2S.C2HF3O2/c1-13(2)21(29)26-16-6-7-17(24)19(12-16)27-23-28-22(30)20(31-23)11-14-5-8-18-15(10-14)4-3-9-25-18;3-2(4,5)1(6)7/h3-13H,1-2H3,(H,26,29)(H,27,28,30);(H,6,7)/b20-11-;. The lowest BCUT2D eigenvalue weighted by Crippen LogP contribution is -2.21. The van der Waals surface area contributed by atoms with Gasteiger partial charge in [0.2, 0.25) is 5.91 Å².